The van der Waals surface area contributed by atoms with Gasteiger partial charge in [0, 0.05) is 0 Å². The van der Waals surface area contributed by atoms with E-state index in [9.17, 15) is 34.5 Å². The van der Waals surface area contributed by atoms with E-state index >= 15 is 0 Å². The fourth-order valence-electron chi connectivity index (χ4n) is 0.507. The van der Waals surface area contributed by atoms with Crippen LogP contribution in [0.3, 0.4) is 0 Å². The molecule has 0 amide bonds. The molecule has 0 aliphatic heterocycles. The molecular weight excluding hydrogens is 335 g/mol. The Bertz CT molecular complexity index is 342. The average Bonchev–Trinajstić information content (AvgIpc) is 2.26. The number of carboxylic acid groups (broad SMARTS) is 4. The van der Waals surface area contributed by atoms with Gasteiger partial charge in [0.25, 0.3) is 0 Å². The van der Waals surface area contributed by atoms with Crippen molar-refractivity contribution >= 4 is 61.6 Å². The van der Waals surface area contributed by atoms with Crippen LogP contribution in [0.5, 0.6) is 0 Å². The molecule has 0 bridgehead atoms. The molecule has 13 heteroatoms. The smallest absolute Gasteiger partial charge is 0.547 e. The Balaban J connectivity index is -0.000000126. The van der Waals surface area contributed by atoms with Crippen LogP contribution in [0.15, 0.2) is 0 Å². The van der Waals surface area contributed by atoms with Crippen molar-refractivity contribution in [1.82, 2.24) is 0 Å². The molecular formula is C8H9CaNaO11. The van der Waals surface area contributed by atoms with E-state index in [2.05, 4.69) is 0 Å². The topological polar surface area (TPSA) is 218 Å². The van der Waals surface area contributed by atoms with E-state index in [1.807, 2.05) is 0 Å². The second-order valence-electron chi connectivity index (χ2n) is 2.96. The summed E-state index contributed by atoms with van der Waals surface area (Å²) < 4.78 is 0. The summed E-state index contributed by atoms with van der Waals surface area (Å²) in [5.74, 6) is -7.25. The van der Waals surface area contributed by atoms with E-state index in [0.717, 1.165) is 0 Å². The number of aliphatic carboxylic acids is 4. The summed E-state index contributed by atoms with van der Waals surface area (Å²) in [5, 5.41) is 61.5. The van der Waals surface area contributed by atoms with Crippen molar-refractivity contribution in [3.8, 4) is 0 Å². The molecule has 0 heterocycles. The zero-order valence-electron chi connectivity index (χ0n) is 10.8. The van der Waals surface area contributed by atoms with Gasteiger partial charge >= 0.3 is 73.3 Å². The maximum absolute atomic E-state index is 9.66. The van der Waals surface area contributed by atoms with Gasteiger partial charge < -0.3 is 50.1 Å². The van der Waals surface area contributed by atoms with Gasteiger partial charge in [-0.3, -0.25) is 4.79 Å². The van der Waals surface area contributed by atoms with Gasteiger partial charge in [-0.1, -0.05) is 0 Å². The molecule has 0 radical (unpaired) electrons. The van der Waals surface area contributed by atoms with Crippen LogP contribution in [-0.4, -0.2) is 100 Å². The SMILES string of the molecule is O=C(O)CC(O)C(=O)[O-].O=C([O-])C(O)C(O)C(=O)[O-].[Ca+2].[Na+]. The summed E-state index contributed by atoms with van der Waals surface area (Å²) in [6, 6.07) is 0. The molecule has 110 valence electrons. The third-order valence-corrected chi connectivity index (χ3v) is 1.42. The molecule has 3 unspecified atom stereocenters. The zero-order valence-corrected chi connectivity index (χ0v) is 15.0. The first kappa shape index (κ1) is 29.1. The predicted octanol–water partition coefficient (Wildman–Crippen LogP) is -10.6. The molecule has 0 aromatic rings. The molecule has 0 fully saturated rings. The van der Waals surface area contributed by atoms with E-state index in [1.165, 1.54) is 0 Å². The van der Waals surface area contributed by atoms with Crippen molar-refractivity contribution in [3.05, 3.63) is 0 Å². The molecule has 0 spiro atoms. The quantitative estimate of drug-likeness (QED) is 0.331. The molecule has 0 rings (SSSR count). The number of carbonyl (C=O) groups is 4. The normalized spacial score (nSPS) is 12.9. The maximum Gasteiger partial charge on any atom is 2.00 e. The Labute approximate surface area is 169 Å². The van der Waals surface area contributed by atoms with Gasteiger partial charge in [-0.2, -0.15) is 0 Å². The zero-order chi connectivity index (χ0) is 15.7. The van der Waals surface area contributed by atoms with Gasteiger partial charge in [-0.25, -0.2) is 0 Å². The first-order valence-corrected chi connectivity index (χ1v) is 4.39. The largest absolute Gasteiger partial charge is 2.00 e. The minimum absolute atomic E-state index is 0. The first-order valence-electron chi connectivity index (χ1n) is 4.39. The molecule has 0 aliphatic rings. The summed E-state index contributed by atoms with van der Waals surface area (Å²) in [5.41, 5.74) is 0. The van der Waals surface area contributed by atoms with Gasteiger partial charge in [0.1, 0.15) is 18.3 Å². The third kappa shape index (κ3) is 16.2. The minimum Gasteiger partial charge on any atom is -0.547 e. The van der Waals surface area contributed by atoms with Crippen molar-refractivity contribution in [3.63, 3.8) is 0 Å². The van der Waals surface area contributed by atoms with Crippen molar-refractivity contribution < 1.29 is 84.5 Å². The second-order valence-corrected chi connectivity index (χ2v) is 2.96. The van der Waals surface area contributed by atoms with Crippen LogP contribution in [0.4, 0.5) is 0 Å². The Hall–Kier alpha value is 0.0197. The average molecular weight is 344 g/mol. The molecule has 0 aliphatic carbocycles. The van der Waals surface area contributed by atoms with Crippen LogP contribution in [0.1, 0.15) is 6.42 Å². The number of carbonyl (C=O) groups excluding carboxylic acids is 3. The molecule has 0 saturated heterocycles. The maximum atomic E-state index is 9.66. The summed E-state index contributed by atoms with van der Waals surface area (Å²) in [6.07, 6.45) is -7.60. The first-order chi connectivity index (χ1) is 8.50. The summed E-state index contributed by atoms with van der Waals surface area (Å²) in [6.45, 7) is 0. The number of aliphatic hydroxyl groups is 3. The summed E-state index contributed by atoms with van der Waals surface area (Å²) in [7, 11) is 0. The van der Waals surface area contributed by atoms with Crippen molar-refractivity contribution in [2.24, 2.45) is 0 Å². The van der Waals surface area contributed by atoms with Gasteiger partial charge in [0.15, 0.2) is 0 Å². The molecule has 0 aromatic heterocycles. The molecule has 3 atom stereocenters. The van der Waals surface area contributed by atoms with E-state index in [4.69, 9.17) is 20.4 Å². The predicted molar refractivity (Wildman–Crippen MR) is 51.0 cm³/mol. The number of hydrogen-bond donors (Lipinski definition) is 4. The van der Waals surface area contributed by atoms with Crippen molar-refractivity contribution in [2.75, 3.05) is 0 Å². The third-order valence-electron chi connectivity index (χ3n) is 1.42. The molecule has 21 heavy (non-hydrogen) atoms. The second kappa shape index (κ2) is 14.9. The number of hydrogen-bond acceptors (Lipinski definition) is 10. The molecule has 4 N–H and O–H groups in total. The Morgan fingerprint density at radius 1 is 0.810 bits per heavy atom. The van der Waals surface area contributed by atoms with Crippen molar-refractivity contribution in [2.45, 2.75) is 24.7 Å². The van der Waals surface area contributed by atoms with Crippen LogP contribution in [0, 0.1) is 0 Å². The molecule has 0 saturated carbocycles. The number of rotatable bonds is 6. The van der Waals surface area contributed by atoms with Gasteiger partial charge in [0.2, 0.25) is 0 Å². The fraction of sp³-hybridized carbons (Fsp3) is 0.500. The van der Waals surface area contributed by atoms with Crippen LogP contribution in [-0.2, 0) is 19.2 Å². The summed E-state index contributed by atoms with van der Waals surface area (Å²) >= 11 is 0. The van der Waals surface area contributed by atoms with Gasteiger partial charge in [-0.15, -0.1) is 0 Å². The van der Waals surface area contributed by atoms with Crippen LogP contribution >= 0.6 is 0 Å². The van der Waals surface area contributed by atoms with Crippen LogP contribution < -0.4 is 44.9 Å². The number of aliphatic hydroxyl groups excluding tert-OH is 3. The minimum atomic E-state index is -2.44. The standard InChI is InChI=1S/C4H6O6.C4H6O5.Ca.Na/c5-1(3(7)8)2(6)4(9)10;5-2(4(8)9)1-3(6)7;;/h1-2,5-6H,(H,7,8)(H,9,10);2,5H,1H2,(H,6,7)(H,8,9);;/q;;+2;+1/p-3. The van der Waals surface area contributed by atoms with E-state index in [1.54, 1.807) is 0 Å². The Kier molecular flexibility index (Phi) is 20.7. The molecule has 0 aromatic carbocycles. The van der Waals surface area contributed by atoms with E-state index < -0.39 is 48.6 Å². The van der Waals surface area contributed by atoms with Crippen LogP contribution in [0.25, 0.3) is 0 Å². The molecule has 11 nitrogen and oxygen atoms in total. The number of carboxylic acids is 4. The summed E-state index contributed by atoms with van der Waals surface area (Å²) in [4.78, 5) is 38.5. The van der Waals surface area contributed by atoms with E-state index in [0.29, 0.717) is 0 Å². The fourth-order valence-corrected chi connectivity index (χ4v) is 0.507. The monoisotopic (exact) mass is 344 g/mol. The van der Waals surface area contributed by atoms with Gasteiger partial charge in [0.05, 0.1) is 24.3 Å². The van der Waals surface area contributed by atoms with E-state index in [-0.39, 0.29) is 67.3 Å². The van der Waals surface area contributed by atoms with Crippen molar-refractivity contribution in [1.29, 1.82) is 0 Å². The van der Waals surface area contributed by atoms with Gasteiger partial charge in [-0.05, 0) is 0 Å². The Morgan fingerprint density at radius 2 is 1.10 bits per heavy atom. The van der Waals surface area contributed by atoms with Crippen LogP contribution in [0.2, 0.25) is 0 Å². The Morgan fingerprint density at radius 3 is 1.19 bits per heavy atom.